The second-order valence-corrected chi connectivity index (χ2v) is 12.1. The van der Waals surface area contributed by atoms with Gasteiger partial charge in [-0.1, -0.05) is 56.6 Å². The number of piperazine rings is 1. The van der Waals surface area contributed by atoms with Crippen molar-refractivity contribution < 1.29 is 8.42 Å². The Hall–Kier alpha value is -2.00. The zero-order valence-electron chi connectivity index (χ0n) is 18.5. The Morgan fingerprint density at radius 3 is 2.19 bits per heavy atom. The van der Waals surface area contributed by atoms with Gasteiger partial charge in [-0.3, -0.25) is 0 Å². The van der Waals surface area contributed by atoms with E-state index >= 15 is 0 Å². The molecule has 1 aliphatic rings. The zero-order chi connectivity index (χ0) is 22.9. The van der Waals surface area contributed by atoms with Crippen molar-refractivity contribution in [3.63, 3.8) is 0 Å². The molecule has 0 bridgehead atoms. The number of aromatic nitrogens is 2. The third-order valence-corrected chi connectivity index (χ3v) is 8.58. The molecule has 0 radical (unpaired) electrons. The SMILES string of the molecule is CC(C)(C)c1ccc(S(=O)(=O)N2CCN(c3nc(Cc4ccc(Cl)cc4)ns3)CC2)cc1. The van der Waals surface area contributed by atoms with Crippen LogP contribution in [0.1, 0.15) is 37.7 Å². The van der Waals surface area contributed by atoms with Gasteiger partial charge in [0.15, 0.2) is 0 Å². The van der Waals surface area contributed by atoms with Crippen LogP contribution >= 0.6 is 23.1 Å². The number of hydrogen-bond donors (Lipinski definition) is 0. The largest absolute Gasteiger partial charge is 0.344 e. The molecule has 1 fully saturated rings. The molecule has 1 aromatic heterocycles. The van der Waals surface area contributed by atoms with Gasteiger partial charge in [0.1, 0.15) is 5.82 Å². The molecule has 4 rings (SSSR count). The summed E-state index contributed by atoms with van der Waals surface area (Å²) in [6, 6.07) is 14.9. The maximum atomic E-state index is 13.1. The zero-order valence-corrected chi connectivity index (χ0v) is 20.8. The predicted octanol–water partition coefficient (Wildman–Crippen LogP) is 4.59. The van der Waals surface area contributed by atoms with E-state index in [9.17, 15) is 8.42 Å². The monoisotopic (exact) mass is 490 g/mol. The van der Waals surface area contributed by atoms with E-state index < -0.39 is 10.0 Å². The number of hydrogen-bond acceptors (Lipinski definition) is 6. The summed E-state index contributed by atoms with van der Waals surface area (Å²) in [7, 11) is -3.51. The Kier molecular flexibility index (Phi) is 6.58. The van der Waals surface area contributed by atoms with Gasteiger partial charge in [0.25, 0.3) is 0 Å². The minimum atomic E-state index is -3.51. The molecule has 1 aliphatic heterocycles. The molecule has 6 nitrogen and oxygen atoms in total. The van der Waals surface area contributed by atoms with E-state index in [1.807, 2.05) is 36.4 Å². The minimum Gasteiger partial charge on any atom is -0.344 e. The molecule has 0 spiro atoms. The van der Waals surface area contributed by atoms with E-state index in [2.05, 4.69) is 35.0 Å². The minimum absolute atomic E-state index is 0.0118. The standard InChI is InChI=1S/C23H27ClN4O2S2/c1-23(2,3)18-6-10-20(11-7-18)32(29,30)28-14-12-27(13-15-28)22-25-21(26-31-22)16-17-4-8-19(24)9-5-17/h4-11H,12-16H2,1-3H3. The summed E-state index contributed by atoms with van der Waals surface area (Å²) >= 11 is 7.30. The summed E-state index contributed by atoms with van der Waals surface area (Å²) in [6.45, 7) is 8.38. The van der Waals surface area contributed by atoms with E-state index in [4.69, 9.17) is 11.6 Å². The van der Waals surface area contributed by atoms with Crippen LogP contribution in [0.2, 0.25) is 5.02 Å². The molecule has 0 amide bonds. The van der Waals surface area contributed by atoms with E-state index in [1.165, 1.54) is 11.5 Å². The first-order valence-electron chi connectivity index (χ1n) is 10.6. The molecule has 9 heteroatoms. The van der Waals surface area contributed by atoms with Gasteiger partial charge in [-0.05, 0) is 40.8 Å². The second-order valence-electron chi connectivity index (χ2n) is 8.96. The molecule has 170 valence electrons. The van der Waals surface area contributed by atoms with Gasteiger partial charge in [0.2, 0.25) is 15.2 Å². The molecule has 1 saturated heterocycles. The second kappa shape index (κ2) is 9.09. The van der Waals surface area contributed by atoms with Crippen LogP contribution in [0.15, 0.2) is 53.4 Å². The molecule has 0 aliphatic carbocycles. The lowest BCUT2D eigenvalue weighted by Gasteiger charge is -2.33. The van der Waals surface area contributed by atoms with Crippen LogP contribution in [0.25, 0.3) is 0 Å². The van der Waals surface area contributed by atoms with E-state index in [0.717, 1.165) is 22.1 Å². The highest BCUT2D eigenvalue weighted by atomic mass is 35.5. The molecule has 0 unspecified atom stereocenters. The van der Waals surface area contributed by atoms with E-state index in [-0.39, 0.29) is 5.41 Å². The average molecular weight is 491 g/mol. The first kappa shape index (κ1) is 23.2. The Labute approximate surface area is 199 Å². The molecule has 32 heavy (non-hydrogen) atoms. The highest BCUT2D eigenvalue weighted by molar-refractivity contribution is 7.89. The topological polar surface area (TPSA) is 66.4 Å². The van der Waals surface area contributed by atoms with Gasteiger partial charge >= 0.3 is 0 Å². The molecule has 2 heterocycles. The molecular formula is C23H27ClN4O2S2. The maximum absolute atomic E-state index is 13.1. The molecule has 0 saturated carbocycles. The maximum Gasteiger partial charge on any atom is 0.243 e. The summed E-state index contributed by atoms with van der Waals surface area (Å²) in [5.41, 5.74) is 2.21. The average Bonchev–Trinajstić information content (AvgIpc) is 3.23. The van der Waals surface area contributed by atoms with Crippen molar-refractivity contribution >= 4 is 38.3 Å². The predicted molar refractivity (Wildman–Crippen MR) is 130 cm³/mol. The third-order valence-electron chi connectivity index (χ3n) is 5.60. The highest BCUT2D eigenvalue weighted by Crippen LogP contribution is 2.26. The molecule has 2 aromatic carbocycles. The van der Waals surface area contributed by atoms with Crippen LogP contribution in [0.3, 0.4) is 0 Å². The number of nitrogens with zero attached hydrogens (tertiary/aromatic N) is 4. The summed E-state index contributed by atoms with van der Waals surface area (Å²) in [5.74, 6) is 0.765. The molecular weight excluding hydrogens is 464 g/mol. The van der Waals surface area contributed by atoms with E-state index in [1.54, 1.807) is 16.4 Å². The fourth-order valence-corrected chi connectivity index (χ4v) is 5.91. The fraction of sp³-hybridized carbons (Fsp3) is 0.391. The highest BCUT2D eigenvalue weighted by Gasteiger charge is 2.30. The van der Waals surface area contributed by atoms with Gasteiger partial charge in [-0.15, -0.1) is 0 Å². The van der Waals surface area contributed by atoms with Crippen molar-refractivity contribution in [2.75, 3.05) is 31.1 Å². The summed E-state index contributed by atoms with van der Waals surface area (Å²) < 4.78 is 32.2. The van der Waals surface area contributed by atoms with Crippen LogP contribution in [0, 0.1) is 0 Å². The quantitative estimate of drug-likeness (QED) is 0.523. The lowest BCUT2D eigenvalue weighted by Crippen LogP contribution is -2.48. The summed E-state index contributed by atoms with van der Waals surface area (Å²) in [6.07, 6.45) is 0.645. The van der Waals surface area contributed by atoms with Gasteiger partial charge in [0, 0.05) is 49.2 Å². The van der Waals surface area contributed by atoms with Crippen molar-refractivity contribution in [2.45, 2.75) is 37.5 Å². The Morgan fingerprint density at radius 1 is 0.969 bits per heavy atom. The van der Waals surface area contributed by atoms with E-state index in [0.29, 0.717) is 42.5 Å². The Balaban J connectivity index is 1.38. The number of sulfonamides is 1. The number of anilines is 1. The summed E-state index contributed by atoms with van der Waals surface area (Å²) in [4.78, 5) is 7.12. The van der Waals surface area contributed by atoms with Crippen LogP contribution < -0.4 is 4.90 Å². The molecule has 0 N–H and O–H groups in total. The van der Waals surface area contributed by atoms with Gasteiger partial charge in [0.05, 0.1) is 4.90 Å². The van der Waals surface area contributed by atoms with Crippen molar-refractivity contribution in [3.05, 3.63) is 70.5 Å². The number of rotatable bonds is 5. The lowest BCUT2D eigenvalue weighted by molar-refractivity contribution is 0.384. The lowest BCUT2D eigenvalue weighted by atomic mass is 9.87. The van der Waals surface area contributed by atoms with Crippen LogP contribution in [0.5, 0.6) is 0 Å². The fourth-order valence-electron chi connectivity index (χ4n) is 3.63. The van der Waals surface area contributed by atoms with Crippen molar-refractivity contribution in [3.8, 4) is 0 Å². The van der Waals surface area contributed by atoms with Crippen molar-refractivity contribution in [2.24, 2.45) is 0 Å². The van der Waals surface area contributed by atoms with Crippen LogP contribution in [0.4, 0.5) is 5.13 Å². The normalized spacial score (nSPS) is 15.8. The Bertz CT molecular complexity index is 1160. The Morgan fingerprint density at radius 2 is 1.59 bits per heavy atom. The molecule has 3 aromatic rings. The van der Waals surface area contributed by atoms with Crippen molar-refractivity contribution in [1.29, 1.82) is 0 Å². The van der Waals surface area contributed by atoms with Crippen LogP contribution in [-0.4, -0.2) is 48.3 Å². The van der Waals surface area contributed by atoms with Crippen molar-refractivity contribution in [1.82, 2.24) is 13.7 Å². The third kappa shape index (κ3) is 5.14. The smallest absolute Gasteiger partial charge is 0.243 e. The van der Waals surface area contributed by atoms with Gasteiger partial charge in [-0.25, -0.2) is 13.4 Å². The summed E-state index contributed by atoms with van der Waals surface area (Å²) in [5, 5.41) is 1.54. The molecule has 0 atom stereocenters. The van der Waals surface area contributed by atoms with Gasteiger partial charge in [-0.2, -0.15) is 8.68 Å². The number of halogens is 1. The number of benzene rings is 2. The van der Waals surface area contributed by atoms with Gasteiger partial charge < -0.3 is 4.90 Å². The van der Waals surface area contributed by atoms with Crippen LogP contribution in [-0.2, 0) is 21.9 Å². The first-order chi connectivity index (χ1) is 15.1. The first-order valence-corrected chi connectivity index (χ1v) is 13.1.